The number of rotatable bonds is 3. The average molecular weight is 269 g/mol. The van der Waals surface area contributed by atoms with Gasteiger partial charge in [-0.2, -0.15) is 12.6 Å². The molecule has 0 radical (unpaired) electrons. The largest absolute Gasteiger partial charge is 0.350 e. The van der Waals surface area contributed by atoms with Gasteiger partial charge in [-0.25, -0.2) is 9.97 Å². The highest BCUT2D eigenvalue weighted by molar-refractivity contribution is 7.80. The van der Waals surface area contributed by atoms with Gasteiger partial charge in [0.05, 0.1) is 5.69 Å². The molecule has 0 saturated carbocycles. The molecule has 0 bridgehead atoms. The first-order chi connectivity index (χ1) is 9.29. The van der Waals surface area contributed by atoms with Gasteiger partial charge >= 0.3 is 0 Å². The third kappa shape index (κ3) is 2.24. The van der Waals surface area contributed by atoms with E-state index in [2.05, 4.69) is 64.7 Å². The van der Waals surface area contributed by atoms with Crippen LogP contribution in [0.4, 0.5) is 0 Å². The second-order valence-corrected chi connectivity index (χ2v) is 4.95. The predicted molar refractivity (Wildman–Crippen MR) is 81.5 cm³/mol. The molecule has 0 amide bonds. The second kappa shape index (κ2) is 5.05. The summed E-state index contributed by atoms with van der Waals surface area (Å²) in [4.78, 5) is 8.90. The van der Waals surface area contributed by atoms with Crippen molar-refractivity contribution in [3.63, 3.8) is 0 Å². The molecular formula is C15H15N3S. The standard InChI is InChI=1S/C15H15N3S/c1-18-10-12(11-4-2-3-5-14(11)18)13-6-8-16-15(17-13)7-9-19/h2-6,8,10,19H,7,9H2,1H3. The van der Waals surface area contributed by atoms with E-state index in [0.29, 0.717) is 0 Å². The molecule has 3 rings (SSSR count). The van der Waals surface area contributed by atoms with Crippen molar-refractivity contribution in [1.82, 2.24) is 14.5 Å². The minimum absolute atomic E-state index is 0.763. The van der Waals surface area contributed by atoms with E-state index >= 15 is 0 Å². The lowest BCUT2D eigenvalue weighted by Crippen LogP contribution is -1.96. The third-order valence-electron chi connectivity index (χ3n) is 3.21. The topological polar surface area (TPSA) is 30.7 Å². The van der Waals surface area contributed by atoms with Crippen LogP contribution in [0.25, 0.3) is 22.2 Å². The monoisotopic (exact) mass is 269 g/mol. The lowest BCUT2D eigenvalue weighted by molar-refractivity contribution is 0.948. The molecule has 0 aliphatic heterocycles. The van der Waals surface area contributed by atoms with E-state index in [1.165, 1.54) is 10.9 Å². The van der Waals surface area contributed by atoms with E-state index < -0.39 is 0 Å². The van der Waals surface area contributed by atoms with Crippen molar-refractivity contribution < 1.29 is 0 Å². The zero-order valence-corrected chi connectivity index (χ0v) is 11.6. The van der Waals surface area contributed by atoms with Crippen molar-refractivity contribution in [2.75, 3.05) is 5.75 Å². The van der Waals surface area contributed by atoms with Crippen molar-refractivity contribution >= 4 is 23.5 Å². The van der Waals surface area contributed by atoms with Crippen molar-refractivity contribution in [2.45, 2.75) is 6.42 Å². The molecule has 0 fully saturated rings. The Morgan fingerprint density at radius 3 is 2.89 bits per heavy atom. The van der Waals surface area contributed by atoms with Crippen molar-refractivity contribution in [1.29, 1.82) is 0 Å². The molecule has 1 aromatic carbocycles. The lowest BCUT2D eigenvalue weighted by atomic mass is 10.1. The van der Waals surface area contributed by atoms with Gasteiger partial charge in [-0.15, -0.1) is 0 Å². The van der Waals surface area contributed by atoms with Crippen LogP contribution >= 0.6 is 12.6 Å². The highest BCUT2D eigenvalue weighted by Crippen LogP contribution is 2.28. The first-order valence-corrected chi connectivity index (χ1v) is 6.90. The zero-order chi connectivity index (χ0) is 13.2. The van der Waals surface area contributed by atoms with Crippen LogP contribution in [0.1, 0.15) is 5.82 Å². The molecule has 0 spiro atoms. The number of aromatic nitrogens is 3. The van der Waals surface area contributed by atoms with Crippen LogP contribution in [0, 0.1) is 0 Å². The van der Waals surface area contributed by atoms with E-state index in [9.17, 15) is 0 Å². The maximum absolute atomic E-state index is 4.62. The molecule has 96 valence electrons. The summed E-state index contributed by atoms with van der Waals surface area (Å²) in [5.41, 5.74) is 3.34. The van der Waals surface area contributed by atoms with Gasteiger partial charge in [-0.3, -0.25) is 0 Å². The Bertz CT molecular complexity index is 718. The van der Waals surface area contributed by atoms with E-state index in [0.717, 1.165) is 29.3 Å². The zero-order valence-electron chi connectivity index (χ0n) is 10.7. The normalized spacial score (nSPS) is 11.1. The summed E-state index contributed by atoms with van der Waals surface area (Å²) in [5, 5.41) is 1.22. The summed E-state index contributed by atoms with van der Waals surface area (Å²) < 4.78 is 2.13. The van der Waals surface area contributed by atoms with Gasteiger partial charge in [0, 0.05) is 42.3 Å². The van der Waals surface area contributed by atoms with Crippen molar-refractivity contribution in [3.05, 3.63) is 48.5 Å². The van der Waals surface area contributed by atoms with Gasteiger partial charge in [-0.05, 0) is 17.9 Å². The second-order valence-electron chi connectivity index (χ2n) is 4.50. The molecule has 0 aliphatic carbocycles. The fourth-order valence-corrected chi connectivity index (χ4v) is 2.52. The molecule has 3 aromatic rings. The summed E-state index contributed by atoms with van der Waals surface area (Å²) in [7, 11) is 2.06. The van der Waals surface area contributed by atoms with Crippen molar-refractivity contribution in [3.8, 4) is 11.3 Å². The molecule has 4 heteroatoms. The molecular weight excluding hydrogens is 254 g/mol. The summed E-state index contributed by atoms with van der Waals surface area (Å²) in [5.74, 6) is 1.61. The highest BCUT2D eigenvalue weighted by atomic mass is 32.1. The summed E-state index contributed by atoms with van der Waals surface area (Å²) in [6, 6.07) is 10.3. The minimum atomic E-state index is 0.763. The quantitative estimate of drug-likeness (QED) is 0.741. The Morgan fingerprint density at radius 2 is 2.05 bits per heavy atom. The number of thiol groups is 1. The molecule has 0 saturated heterocycles. The van der Waals surface area contributed by atoms with Crippen LogP contribution < -0.4 is 0 Å². The SMILES string of the molecule is Cn1cc(-c2ccnc(CCS)n2)c2ccccc21. The number of benzene rings is 1. The molecule has 19 heavy (non-hydrogen) atoms. The van der Waals surface area contributed by atoms with Crippen molar-refractivity contribution in [2.24, 2.45) is 7.05 Å². The maximum atomic E-state index is 4.62. The highest BCUT2D eigenvalue weighted by Gasteiger charge is 2.09. The molecule has 3 nitrogen and oxygen atoms in total. The number of hydrogen-bond acceptors (Lipinski definition) is 3. The number of aryl methyl sites for hydroxylation is 2. The van der Waals surface area contributed by atoms with Crippen LogP contribution in [0.2, 0.25) is 0 Å². The number of hydrogen-bond donors (Lipinski definition) is 1. The Morgan fingerprint density at radius 1 is 1.21 bits per heavy atom. The Kier molecular flexibility index (Phi) is 3.25. The summed E-state index contributed by atoms with van der Waals surface area (Å²) in [6.07, 6.45) is 4.74. The van der Waals surface area contributed by atoms with Crippen LogP contribution in [0.3, 0.4) is 0 Å². The van der Waals surface area contributed by atoms with E-state index in [1.54, 1.807) is 0 Å². The van der Waals surface area contributed by atoms with E-state index in [4.69, 9.17) is 0 Å². The first-order valence-electron chi connectivity index (χ1n) is 6.27. The molecule has 2 heterocycles. The van der Waals surface area contributed by atoms with E-state index in [1.807, 2.05) is 12.3 Å². The third-order valence-corrected chi connectivity index (χ3v) is 3.44. The first kappa shape index (κ1) is 12.2. The number of nitrogens with zero attached hydrogens (tertiary/aromatic N) is 3. The molecule has 0 atom stereocenters. The van der Waals surface area contributed by atoms with Gasteiger partial charge in [-0.1, -0.05) is 18.2 Å². The lowest BCUT2D eigenvalue weighted by Gasteiger charge is -2.01. The minimum Gasteiger partial charge on any atom is -0.350 e. The molecule has 2 aromatic heterocycles. The fraction of sp³-hybridized carbons (Fsp3) is 0.200. The smallest absolute Gasteiger partial charge is 0.129 e. The Hall–Kier alpha value is -1.81. The Labute approximate surface area is 117 Å². The van der Waals surface area contributed by atoms with E-state index in [-0.39, 0.29) is 0 Å². The van der Waals surface area contributed by atoms with Crippen LogP contribution in [-0.2, 0) is 13.5 Å². The van der Waals surface area contributed by atoms with Gasteiger partial charge in [0.15, 0.2) is 0 Å². The predicted octanol–water partition coefficient (Wildman–Crippen LogP) is 3.11. The van der Waals surface area contributed by atoms with Gasteiger partial charge < -0.3 is 4.57 Å². The Balaban J connectivity index is 2.16. The maximum Gasteiger partial charge on any atom is 0.129 e. The fourth-order valence-electron chi connectivity index (χ4n) is 2.32. The molecule has 0 N–H and O–H groups in total. The number of fused-ring (bicyclic) bond motifs is 1. The molecule has 0 aliphatic rings. The summed E-state index contributed by atoms with van der Waals surface area (Å²) in [6.45, 7) is 0. The molecule has 0 unspecified atom stereocenters. The van der Waals surface area contributed by atoms with Gasteiger partial charge in [0.25, 0.3) is 0 Å². The average Bonchev–Trinajstić information content (AvgIpc) is 2.78. The summed E-state index contributed by atoms with van der Waals surface area (Å²) >= 11 is 4.23. The van der Waals surface area contributed by atoms with Crippen LogP contribution in [0.15, 0.2) is 42.7 Å². The van der Waals surface area contributed by atoms with Gasteiger partial charge in [0.1, 0.15) is 5.82 Å². The number of para-hydroxylation sites is 1. The van der Waals surface area contributed by atoms with Crippen LogP contribution in [-0.4, -0.2) is 20.3 Å². The van der Waals surface area contributed by atoms with Crippen LogP contribution in [0.5, 0.6) is 0 Å². The van der Waals surface area contributed by atoms with Gasteiger partial charge in [0.2, 0.25) is 0 Å².